The second kappa shape index (κ2) is 10.4. The predicted molar refractivity (Wildman–Crippen MR) is 111 cm³/mol. The number of aryl methyl sites for hydroxylation is 1. The van der Waals surface area contributed by atoms with Gasteiger partial charge in [0, 0.05) is 23.8 Å². The van der Waals surface area contributed by atoms with Gasteiger partial charge in [-0.2, -0.15) is 0 Å². The van der Waals surface area contributed by atoms with Crippen LogP contribution in [-0.4, -0.2) is 33.5 Å². The number of carbonyl (C=O) groups is 1. The molecule has 0 aliphatic heterocycles. The van der Waals surface area contributed by atoms with Crippen LogP contribution in [0.3, 0.4) is 0 Å². The largest absolute Gasteiger partial charge is 0.350 e. The first-order valence-electron chi connectivity index (χ1n) is 8.63. The van der Waals surface area contributed by atoms with E-state index in [9.17, 15) is 17.6 Å². The van der Waals surface area contributed by atoms with E-state index >= 15 is 0 Å². The molecule has 0 fully saturated rings. The summed E-state index contributed by atoms with van der Waals surface area (Å²) in [6.45, 7) is 6.74. The van der Waals surface area contributed by atoms with Gasteiger partial charge in [0.15, 0.2) is 0 Å². The van der Waals surface area contributed by atoms with Crippen molar-refractivity contribution in [1.29, 1.82) is 0 Å². The van der Waals surface area contributed by atoms with Gasteiger partial charge in [0.2, 0.25) is 0 Å². The SMILES string of the molecule is CCN[C@H](C)CNC(=O)c1cccc(NS(=O)(=O)c2ccc(C)c(F)c2)c1.Cl. The fourth-order valence-corrected chi connectivity index (χ4v) is 3.51. The fraction of sp³-hybridized carbons (Fsp3) is 0.316. The topological polar surface area (TPSA) is 87.3 Å². The summed E-state index contributed by atoms with van der Waals surface area (Å²) in [6, 6.07) is 9.97. The average molecular weight is 430 g/mol. The number of nitrogens with one attached hydrogen (secondary N) is 3. The van der Waals surface area contributed by atoms with E-state index in [1.165, 1.54) is 24.3 Å². The lowest BCUT2D eigenvalue weighted by atomic mass is 10.2. The van der Waals surface area contributed by atoms with Crippen molar-refractivity contribution in [2.24, 2.45) is 0 Å². The Labute approximate surface area is 171 Å². The number of rotatable bonds is 8. The molecule has 0 saturated heterocycles. The number of carbonyl (C=O) groups excluding carboxylic acids is 1. The lowest BCUT2D eigenvalue weighted by molar-refractivity contribution is 0.0950. The van der Waals surface area contributed by atoms with Crippen LogP contribution in [-0.2, 0) is 10.0 Å². The molecule has 0 heterocycles. The third-order valence-corrected chi connectivity index (χ3v) is 5.33. The monoisotopic (exact) mass is 429 g/mol. The molecule has 1 atom stereocenters. The van der Waals surface area contributed by atoms with Crippen LogP contribution in [0.1, 0.15) is 29.8 Å². The van der Waals surface area contributed by atoms with E-state index in [2.05, 4.69) is 15.4 Å². The van der Waals surface area contributed by atoms with Gasteiger partial charge < -0.3 is 10.6 Å². The Morgan fingerprint density at radius 1 is 1.18 bits per heavy atom. The minimum atomic E-state index is -3.96. The van der Waals surface area contributed by atoms with Gasteiger partial charge in [0.25, 0.3) is 15.9 Å². The van der Waals surface area contributed by atoms with Gasteiger partial charge in [-0.1, -0.05) is 19.1 Å². The lowest BCUT2D eigenvalue weighted by Gasteiger charge is -2.14. The standard InChI is InChI=1S/C19H24FN3O3S.ClH/c1-4-21-14(3)12-22-19(24)15-6-5-7-16(10-15)23-27(25,26)17-9-8-13(2)18(20)11-17;/h5-11,14,21,23H,4,12H2,1-3H3,(H,22,24);1H/t14-;/m1./s1. The van der Waals surface area contributed by atoms with E-state index in [1.54, 1.807) is 19.1 Å². The molecule has 2 rings (SSSR count). The summed E-state index contributed by atoms with van der Waals surface area (Å²) < 4.78 is 40.9. The summed E-state index contributed by atoms with van der Waals surface area (Å²) in [7, 11) is -3.96. The zero-order chi connectivity index (χ0) is 20.0. The first-order chi connectivity index (χ1) is 12.7. The van der Waals surface area contributed by atoms with Crippen LogP contribution in [0.25, 0.3) is 0 Å². The van der Waals surface area contributed by atoms with E-state index in [0.717, 1.165) is 12.6 Å². The Kier molecular flexibility index (Phi) is 8.87. The number of likely N-dealkylation sites (N-methyl/N-ethyl adjacent to an activating group) is 1. The minimum Gasteiger partial charge on any atom is -0.350 e. The molecule has 3 N–H and O–H groups in total. The van der Waals surface area contributed by atoms with E-state index in [0.29, 0.717) is 17.7 Å². The van der Waals surface area contributed by atoms with Gasteiger partial charge in [-0.3, -0.25) is 9.52 Å². The van der Waals surface area contributed by atoms with Crippen LogP contribution in [0.15, 0.2) is 47.4 Å². The minimum absolute atomic E-state index is 0. The predicted octanol–water partition coefficient (Wildman–Crippen LogP) is 3.08. The summed E-state index contributed by atoms with van der Waals surface area (Å²) in [6.07, 6.45) is 0. The van der Waals surface area contributed by atoms with Crippen molar-refractivity contribution in [2.75, 3.05) is 17.8 Å². The van der Waals surface area contributed by atoms with Gasteiger partial charge in [-0.25, -0.2) is 12.8 Å². The van der Waals surface area contributed by atoms with Crippen molar-refractivity contribution < 1.29 is 17.6 Å². The van der Waals surface area contributed by atoms with Crippen molar-refractivity contribution in [3.8, 4) is 0 Å². The molecule has 2 aromatic rings. The smallest absolute Gasteiger partial charge is 0.261 e. The zero-order valence-corrected chi connectivity index (χ0v) is 17.6. The van der Waals surface area contributed by atoms with Crippen molar-refractivity contribution in [3.05, 3.63) is 59.4 Å². The van der Waals surface area contributed by atoms with Gasteiger partial charge in [0.1, 0.15) is 5.82 Å². The zero-order valence-electron chi connectivity index (χ0n) is 16.0. The summed E-state index contributed by atoms with van der Waals surface area (Å²) in [5, 5.41) is 5.98. The molecule has 28 heavy (non-hydrogen) atoms. The summed E-state index contributed by atoms with van der Waals surface area (Å²) in [4.78, 5) is 12.1. The van der Waals surface area contributed by atoms with Crippen molar-refractivity contribution >= 4 is 34.0 Å². The van der Waals surface area contributed by atoms with Crippen molar-refractivity contribution in [2.45, 2.75) is 31.7 Å². The highest BCUT2D eigenvalue weighted by molar-refractivity contribution is 7.92. The second-order valence-electron chi connectivity index (χ2n) is 6.27. The number of halogens is 2. The molecule has 0 unspecified atom stereocenters. The third-order valence-electron chi connectivity index (χ3n) is 3.95. The average Bonchev–Trinajstić information content (AvgIpc) is 2.62. The number of anilines is 1. The molecule has 9 heteroatoms. The number of hydrogen-bond acceptors (Lipinski definition) is 4. The molecule has 0 radical (unpaired) electrons. The summed E-state index contributed by atoms with van der Waals surface area (Å²) in [5.74, 6) is -0.900. The Hall–Kier alpha value is -2.16. The van der Waals surface area contributed by atoms with E-state index < -0.39 is 15.8 Å². The van der Waals surface area contributed by atoms with Crippen molar-refractivity contribution in [1.82, 2.24) is 10.6 Å². The lowest BCUT2D eigenvalue weighted by Crippen LogP contribution is -2.38. The number of amides is 1. The van der Waals surface area contributed by atoms with Crippen LogP contribution in [0.4, 0.5) is 10.1 Å². The normalized spacial score (nSPS) is 12.0. The number of benzene rings is 2. The second-order valence-corrected chi connectivity index (χ2v) is 7.95. The highest BCUT2D eigenvalue weighted by Crippen LogP contribution is 2.19. The molecule has 0 bridgehead atoms. The molecule has 154 valence electrons. The molecule has 0 spiro atoms. The Bertz CT molecular complexity index is 922. The molecule has 0 aromatic heterocycles. The van der Waals surface area contributed by atoms with Gasteiger partial charge in [-0.05, 0) is 56.3 Å². The maximum Gasteiger partial charge on any atom is 0.261 e. The van der Waals surface area contributed by atoms with Crippen molar-refractivity contribution in [3.63, 3.8) is 0 Å². The molecular formula is C19H25ClFN3O3S. The Balaban J connectivity index is 0.00000392. The third kappa shape index (κ3) is 6.47. The number of sulfonamides is 1. The molecule has 0 saturated carbocycles. The molecule has 1 amide bonds. The fourth-order valence-electron chi connectivity index (χ4n) is 2.45. The quantitative estimate of drug-likeness (QED) is 0.601. The van der Waals surface area contributed by atoms with E-state index in [-0.39, 0.29) is 34.9 Å². The van der Waals surface area contributed by atoms with Gasteiger partial charge in [0.05, 0.1) is 4.90 Å². The first-order valence-corrected chi connectivity index (χ1v) is 10.1. The Morgan fingerprint density at radius 3 is 2.54 bits per heavy atom. The van der Waals surface area contributed by atoms with Gasteiger partial charge >= 0.3 is 0 Å². The molecule has 0 aliphatic rings. The van der Waals surface area contributed by atoms with Crippen LogP contribution >= 0.6 is 12.4 Å². The molecular weight excluding hydrogens is 405 g/mol. The molecule has 2 aromatic carbocycles. The van der Waals surface area contributed by atoms with E-state index in [4.69, 9.17) is 0 Å². The van der Waals surface area contributed by atoms with Crippen LogP contribution in [0, 0.1) is 12.7 Å². The highest BCUT2D eigenvalue weighted by atomic mass is 35.5. The first kappa shape index (κ1) is 23.9. The summed E-state index contributed by atoms with van der Waals surface area (Å²) in [5.41, 5.74) is 0.914. The molecule has 0 aliphatic carbocycles. The van der Waals surface area contributed by atoms with Crippen LogP contribution in [0.5, 0.6) is 0 Å². The molecule has 6 nitrogen and oxygen atoms in total. The Morgan fingerprint density at radius 2 is 1.89 bits per heavy atom. The van der Waals surface area contributed by atoms with E-state index in [1.807, 2.05) is 13.8 Å². The summed E-state index contributed by atoms with van der Waals surface area (Å²) >= 11 is 0. The highest BCUT2D eigenvalue weighted by Gasteiger charge is 2.17. The number of hydrogen-bond donors (Lipinski definition) is 3. The van der Waals surface area contributed by atoms with Crippen LogP contribution < -0.4 is 15.4 Å². The van der Waals surface area contributed by atoms with Crippen LogP contribution in [0.2, 0.25) is 0 Å². The maximum absolute atomic E-state index is 13.7. The van der Waals surface area contributed by atoms with Gasteiger partial charge in [-0.15, -0.1) is 12.4 Å². The maximum atomic E-state index is 13.7.